The Kier molecular flexibility index (Phi) is 3.76. The summed E-state index contributed by atoms with van der Waals surface area (Å²) in [5.74, 6) is -0.934. The summed E-state index contributed by atoms with van der Waals surface area (Å²) in [6.07, 6.45) is 6.02. The maximum Gasteiger partial charge on any atom is 0.326 e. The van der Waals surface area contributed by atoms with E-state index in [4.69, 9.17) is 0 Å². The molecule has 1 aliphatic heterocycles. The third kappa shape index (κ3) is 2.42. The van der Waals surface area contributed by atoms with Crippen molar-refractivity contribution < 1.29 is 14.7 Å². The van der Waals surface area contributed by atoms with Gasteiger partial charge >= 0.3 is 5.97 Å². The zero-order valence-corrected chi connectivity index (χ0v) is 12.6. The van der Waals surface area contributed by atoms with Gasteiger partial charge in [-0.15, -0.1) is 0 Å². The van der Waals surface area contributed by atoms with Crippen molar-refractivity contribution in [2.45, 2.75) is 44.2 Å². The summed E-state index contributed by atoms with van der Waals surface area (Å²) in [4.78, 5) is 37.4. The largest absolute Gasteiger partial charge is 0.480 e. The highest BCUT2D eigenvalue weighted by Gasteiger charge is 2.47. The lowest BCUT2D eigenvalue weighted by Crippen LogP contribution is -2.46. The molecule has 1 aliphatic carbocycles. The molecular weight excluding hydrogens is 284 g/mol. The number of hydrogen-bond donors (Lipinski definition) is 1. The number of aryl methyl sites for hydroxylation is 1. The maximum absolute atomic E-state index is 12.8. The summed E-state index contributed by atoms with van der Waals surface area (Å²) in [5, 5.41) is 9.48. The maximum atomic E-state index is 12.8. The lowest BCUT2D eigenvalue weighted by atomic mass is 9.84. The van der Waals surface area contributed by atoms with Crippen LogP contribution in [0.1, 0.15) is 42.5 Å². The van der Waals surface area contributed by atoms with Crippen LogP contribution in [0.25, 0.3) is 0 Å². The van der Waals surface area contributed by atoms with Crippen molar-refractivity contribution in [1.82, 2.24) is 9.47 Å². The van der Waals surface area contributed by atoms with E-state index in [0.29, 0.717) is 12.0 Å². The van der Waals surface area contributed by atoms with E-state index in [0.717, 1.165) is 25.7 Å². The van der Waals surface area contributed by atoms with Gasteiger partial charge in [-0.3, -0.25) is 9.59 Å². The van der Waals surface area contributed by atoms with Gasteiger partial charge in [0.2, 0.25) is 5.56 Å². The van der Waals surface area contributed by atoms with Crippen LogP contribution < -0.4 is 5.56 Å². The van der Waals surface area contributed by atoms with Gasteiger partial charge in [-0.05, 0) is 31.2 Å². The number of aliphatic carboxylic acids is 1. The van der Waals surface area contributed by atoms with E-state index in [1.165, 1.54) is 22.9 Å². The Balaban J connectivity index is 1.95. The monoisotopic (exact) mass is 304 g/mol. The first-order valence-corrected chi connectivity index (χ1v) is 7.71. The molecule has 2 heterocycles. The van der Waals surface area contributed by atoms with Crippen molar-refractivity contribution in [3.05, 3.63) is 34.2 Å². The highest BCUT2D eigenvalue weighted by molar-refractivity contribution is 5.97. The fraction of sp³-hybridized carbons (Fsp3) is 0.562. The summed E-state index contributed by atoms with van der Waals surface area (Å²) in [7, 11) is 1.58. The van der Waals surface area contributed by atoms with E-state index in [9.17, 15) is 19.5 Å². The number of hydrogen-bond acceptors (Lipinski definition) is 3. The Morgan fingerprint density at radius 2 is 1.95 bits per heavy atom. The smallest absolute Gasteiger partial charge is 0.326 e. The zero-order chi connectivity index (χ0) is 15.9. The molecule has 2 fully saturated rings. The van der Waals surface area contributed by atoms with Crippen LogP contribution in [-0.2, 0) is 11.8 Å². The number of carboxylic acid groups (broad SMARTS) is 1. The fourth-order valence-electron chi connectivity index (χ4n) is 3.84. The Hall–Kier alpha value is -2.11. The molecule has 6 nitrogen and oxygen atoms in total. The minimum atomic E-state index is -0.937. The van der Waals surface area contributed by atoms with Crippen molar-refractivity contribution in [1.29, 1.82) is 0 Å². The first-order valence-electron chi connectivity index (χ1n) is 7.71. The Bertz CT molecular complexity index is 666. The molecule has 0 radical (unpaired) electrons. The second-order valence-electron chi connectivity index (χ2n) is 6.28. The van der Waals surface area contributed by atoms with Crippen LogP contribution in [0.3, 0.4) is 0 Å². The molecule has 0 aromatic carbocycles. The van der Waals surface area contributed by atoms with Crippen LogP contribution in [-0.4, -0.2) is 38.5 Å². The second-order valence-corrected chi connectivity index (χ2v) is 6.28. The third-order valence-corrected chi connectivity index (χ3v) is 4.94. The van der Waals surface area contributed by atoms with Gasteiger partial charge in [0.15, 0.2) is 0 Å². The van der Waals surface area contributed by atoms with Gasteiger partial charge < -0.3 is 14.6 Å². The van der Waals surface area contributed by atoms with Gasteiger partial charge in [-0.1, -0.05) is 12.8 Å². The standard InChI is InChI=1S/C16H20N2O4/c1-17-9-11(6-7-14(17)19)15(20)18-12-5-3-2-4-10(12)8-13(18)16(21)22/h6-7,9-10,12-13H,2-5,8H2,1H3,(H,21,22)/t10-,12-,13+/m1/s1. The Morgan fingerprint density at radius 1 is 1.23 bits per heavy atom. The number of amides is 1. The van der Waals surface area contributed by atoms with Gasteiger partial charge in [0.1, 0.15) is 6.04 Å². The predicted octanol–water partition coefficient (Wildman–Crippen LogP) is 1.24. The average molecular weight is 304 g/mol. The number of likely N-dealkylation sites (tertiary alicyclic amines) is 1. The van der Waals surface area contributed by atoms with E-state index >= 15 is 0 Å². The molecule has 22 heavy (non-hydrogen) atoms. The first kappa shape index (κ1) is 14.8. The highest BCUT2D eigenvalue weighted by atomic mass is 16.4. The molecule has 2 aliphatic rings. The van der Waals surface area contributed by atoms with Crippen LogP contribution >= 0.6 is 0 Å². The van der Waals surface area contributed by atoms with Crippen molar-refractivity contribution in [2.75, 3.05) is 0 Å². The van der Waals surface area contributed by atoms with E-state index in [2.05, 4.69) is 0 Å². The Labute approximate surface area is 128 Å². The lowest BCUT2D eigenvalue weighted by Gasteiger charge is -2.33. The van der Waals surface area contributed by atoms with E-state index in [-0.39, 0.29) is 23.4 Å². The summed E-state index contributed by atoms with van der Waals surface area (Å²) < 4.78 is 1.34. The van der Waals surface area contributed by atoms with Crippen molar-refractivity contribution >= 4 is 11.9 Å². The molecular formula is C16H20N2O4. The van der Waals surface area contributed by atoms with Gasteiger partial charge in [-0.2, -0.15) is 0 Å². The van der Waals surface area contributed by atoms with E-state index < -0.39 is 12.0 Å². The van der Waals surface area contributed by atoms with E-state index in [1.807, 2.05) is 0 Å². The third-order valence-electron chi connectivity index (χ3n) is 4.94. The fourth-order valence-corrected chi connectivity index (χ4v) is 3.84. The minimum Gasteiger partial charge on any atom is -0.480 e. The van der Waals surface area contributed by atoms with E-state index in [1.54, 1.807) is 11.9 Å². The first-order chi connectivity index (χ1) is 10.5. The molecule has 0 bridgehead atoms. The molecule has 0 spiro atoms. The predicted molar refractivity (Wildman–Crippen MR) is 79.6 cm³/mol. The molecule has 0 unspecified atom stereocenters. The Morgan fingerprint density at radius 3 is 2.64 bits per heavy atom. The molecule has 118 valence electrons. The van der Waals surface area contributed by atoms with Crippen LogP contribution in [0.2, 0.25) is 0 Å². The van der Waals surface area contributed by atoms with Gasteiger partial charge in [-0.25, -0.2) is 4.79 Å². The second kappa shape index (κ2) is 5.59. The normalized spacial score (nSPS) is 27.5. The molecule has 1 N–H and O–H groups in total. The van der Waals surface area contributed by atoms with Crippen molar-refractivity contribution in [2.24, 2.45) is 13.0 Å². The molecule has 1 saturated heterocycles. The average Bonchev–Trinajstić information content (AvgIpc) is 2.89. The zero-order valence-electron chi connectivity index (χ0n) is 12.6. The molecule has 1 amide bonds. The number of carboxylic acids is 1. The summed E-state index contributed by atoms with van der Waals surface area (Å²) in [6.45, 7) is 0. The molecule has 6 heteroatoms. The van der Waals surface area contributed by atoms with Crippen LogP contribution in [0.4, 0.5) is 0 Å². The summed E-state index contributed by atoms with van der Waals surface area (Å²) in [6, 6.07) is 2.09. The number of fused-ring (bicyclic) bond motifs is 1. The molecule has 3 rings (SSSR count). The number of rotatable bonds is 2. The topological polar surface area (TPSA) is 79.6 Å². The quantitative estimate of drug-likeness (QED) is 0.891. The van der Waals surface area contributed by atoms with Gasteiger partial charge in [0.05, 0.1) is 5.56 Å². The number of carbonyl (C=O) groups is 2. The summed E-state index contributed by atoms with van der Waals surface area (Å²) >= 11 is 0. The highest BCUT2D eigenvalue weighted by Crippen LogP contribution is 2.40. The van der Waals surface area contributed by atoms with Crippen molar-refractivity contribution in [3.63, 3.8) is 0 Å². The SMILES string of the molecule is Cn1cc(C(=O)N2[C@@H]3CCCC[C@@H]3C[C@H]2C(=O)O)ccc1=O. The lowest BCUT2D eigenvalue weighted by molar-refractivity contribution is -0.141. The molecule has 1 aromatic rings. The molecule has 1 saturated carbocycles. The number of nitrogens with zero attached hydrogens (tertiary/aromatic N) is 2. The molecule has 3 atom stereocenters. The van der Waals surface area contributed by atoms with Crippen molar-refractivity contribution in [3.8, 4) is 0 Å². The number of carbonyl (C=O) groups excluding carboxylic acids is 1. The van der Waals surface area contributed by atoms with Crippen LogP contribution in [0.15, 0.2) is 23.1 Å². The number of pyridine rings is 1. The van der Waals surface area contributed by atoms with Crippen LogP contribution in [0, 0.1) is 5.92 Å². The van der Waals surface area contributed by atoms with Gasteiger partial charge in [0, 0.05) is 25.4 Å². The summed E-state index contributed by atoms with van der Waals surface area (Å²) in [5.41, 5.74) is 0.183. The van der Waals surface area contributed by atoms with Gasteiger partial charge in [0.25, 0.3) is 5.91 Å². The molecule has 1 aromatic heterocycles. The van der Waals surface area contributed by atoms with Crippen LogP contribution in [0.5, 0.6) is 0 Å². The minimum absolute atomic E-state index is 0.0135. The number of aromatic nitrogens is 1.